The topological polar surface area (TPSA) is 49.3 Å². The highest BCUT2D eigenvalue weighted by Gasteiger charge is 2.20. The van der Waals surface area contributed by atoms with Crippen molar-refractivity contribution in [3.63, 3.8) is 0 Å². The Labute approximate surface area is 105 Å². The summed E-state index contributed by atoms with van der Waals surface area (Å²) in [6.07, 6.45) is 0.763. The lowest BCUT2D eigenvalue weighted by atomic mass is 10.0. The molecule has 0 aromatic heterocycles. The van der Waals surface area contributed by atoms with Crippen LogP contribution in [0.4, 0.5) is 14.5 Å². The third-order valence-electron chi connectivity index (χ3n) is 2.90. The van der Waals surface area contributed by atoms with Crippen LogP contribution in [-0.2, 0) is 0 Å². The molecule has 0 bridgehead atoms. The van der Waals surface area contributed by atoms with Gasteiger partial charge in [-0.05, 0) is 24.5 Å². The van der Waals surface area contributed by atoms with E-state index in [1.54, 1.807) is 0 Å². The Morgan fingerprint density at radius 3 is 2.39 bits per heavy atom. The van der Waals surface area contributed by atoms with Crippen molar-refractivity contribution >= 4 is 11.7 Å². The number of nitrogens with one attached hydrogen (secondary N) is 1. The third-order valence-corrected chi connectivity index (χ3v) is 2.90. The summed E-state index contributed by atoms with van der Waals surface area (Å²) in [6, 6.07) is 2.33. The second-order valence-corrected chi connectivity index (χ2v) is 4.50. The Balaban J connectivity index is 3.05. The molecule has 1 atom stereocenters. The quantitative estimate of drug-likeness (QED) is 0.848. The normalized spacial score (nSPS) is 12.6. The summed E-state index contributed by atoms with van der Waals surface area (Å²) in [4.78, 5) is 10.6. The molecule has 0 amide bonds. The molecule has 0 aliphatic rings. The highest BCUT2D eigenvalue weighted by atomic mass is 19.2. The van der Waals surface area contributed by atoms with Gasteiger partial charge in [0.2, 0.25) is 0 Å². The maximum Gasteiger partial charge on any atom is 0.338 e. The minimum absolute atomic E-state index is 0.00181. The minimum Gasteiger partial charge on any atom is -0.478 e. The zero-order valence-electron chi connectivity index (χ0n) is 10.6. The predicted molar refractivity (Wildman–Crippen MR) is 65.9 cm³/mol. The van der Waals surface area contributed by atoms with E-state index in [1.807, 2.05) is 20.8 Å². The largest absolute Gasteiger partial charge is 0.478 e. The van der Waals surface area contributed by atoms with Gasteiger partial charge in [-0.15, -0.1) is 0 Å². The van der Waals surface area contributed by atoms with E-state index < -0.39 is 23.2 Å². The second kappa shape index (κ2) is 5.80. The first-order valence-electron chi connectivity index (χ1n) is 5.86. The Morgan fingerprint density at radius 2 is 1.94 bits per heavy atom. The number of hydrogen-bond acceptors (Lipinski definition) is 2. The van der Waals surface area contributed by atoms with Crippen molar-refractivity contribution in [3.05, 3.63) is 29.3 Å². The first-order valence-corrected chi connectivity index (χ1v) is 5.86. The number of benzene rings is 1. The van der Waals surface area contributed by atoms with Crippen molar-refractivity contribution in [1.82, 2.24) is 0 Å². The summed E-state index contributed by atoms with van der Waals surface area (Å²) < 4.78 is 27.2. The van der Waals surface area contributed by atoms with Gasteiger partial charge in [0.05, 0.1) is 11.3 Å². The molecule has 100 valence electrons. The van der Waals surface area contributed by atoms with E-state index in [-0.39, 0.29) is 17.6 Å². The summed E-state index contributed by atoms with van der Waals surface area (Å²) >= 11 is 0. The molecule has 0 spiro atoms. The van der Waals surface area contributed by atoms with Crippen LogP contribution in [0.5, 0.6) is 0 Å². The van der Waals surface area contributed by atoms with Gasteiger partial charge >= 0.3 is 5.97 Å². The van der Waals surface area contributed by atoms with E-state index in [0.29, 0.717) is 0 Å². The predicted octanol–water partition coefficient (Wildman–Crippen LogP) is 3.51. The number of carboxylic acid groups (broad SMARTS) is 1. The van der Waals surface area contributed by atoms with Crippen molar-refractivity contribution in [2.75, 3.05) is 5.32 Å². The van der Waals surface area contributed by atoms with Crippen LogP contribution in [0, 0.1) is 17.6 Å². The maximum atomic E-state index is 13.7. The molecule has 1 rings (SSSR count). The Bertz CT molecular complexity index is 447. The lowest BCUT2D eigenvalue weighted by molar-refractivity contribution is 0.0690. The first kappa shape index (κ1) is 14.4. The molecule has 0 fully saturated rings. The number of aromatic carboxylic acids is 1. The summed E-state index contributed by atoms with van der Waals surface area (Å²) in [5.41, 5.74) is -0.659. The Morgan fingerprint density at radius 1 is 1.33 bits per heavy atom. The van der Waals surface area contributed by atoms with Crippen molar-refractivity contribution in [2.24, 2.45) is 5.92 Å². The average molecular weight is 257 g/mol. The highest BCUT2D eigenvalue weighted by Crippen LogP contribution is 2.23. The number of hydrogen-bond donors (Lipinski definition) is 2. The zero-order chi connectivity index (χ0) is 13.9. The maximum absolute atomic E-state index is 13.7. The molecule has 0 saturated heterocycles. The van der Waals surface area contributed by atoms with Crippen LogP contribution in [0.1, 0.15) is 37.6 Å². The molecule has 0 aliphatic heterocycles. The van der Waals surface area contributed by atoms with Crippen molar-refractivity contribution < 1.29 is 18.7 Å². The molecule has 1 aromatic rings. The van der Waals surface area contributed by atoms with Crippen LogP contribution >= 0.6 is 0 Å². The van der Waals surface area contributed by atoms with E-state index in [4.69, 9.17) is 5.11 Å². The third kappa shape index (κ3) is 2.97. The van der Waals surface area contributed by atoms with Crippen LogP contribution in [0.2, 0.25) is 0 Å². The van der Waals surface area contributed by atoms with Gasteiger partial charge in [0.15, 0.2) is 11.6 Å². The van der Waals surface area contributed by atoms with Crippen molar-refractivity contribution in [1.29, 1.82) is 0 Å². The van der Waals surface area contributed by atoms with Crippen LogP contribution in [0.3, 0.4) is 0 Å². The molecule has 18 heavy (non-hydrogen) atoms. The Hall–Kier alpha value is -1.65. The molecular formula is C13H17F2NO2. The van der Waals surface area contributed by atoms with Gasteiger partial charge in [-0.1, -0.05) is 20.8 Å². The SMILES string of the molecule is CCC(Nc1ccc(C(=O)O)c(F)c1F)C(C)C. The fourth-order valence-corrected chi connectivity index (χ4v) is 1.77. The van der Waals surface area contributed by atoms with Crippen molar-refractivity contribution in [2.45, 2.75) is 33.2 Å². The van der Waals surface area contributed by atoms with Gasteiger partial charge in [0.25, 0.3) is 0 Å². The van der Waals surface area contributed by atoms with Crippen LogP contribution < -0.4 is 5.32 Å². The average Bonchev–Trinajstić information content (AvgIpc) is 2.30. The summed E-state index contributed by atoms with van der Waals surface area (Å²) in [5.74, 6) is -3.69. The van der Waals surface area contributed by atoms with Gasteiger partial charge in [0, 0.05) is 6.04 Å². The molecule has 3 nitrogen and oxygen atoms in total. The highest BCUT2D eigenvalue weighted by molar-refractivity contribution is 5.88. The fraction of sp³-hybridized carbons (Fsp3) is 0.462. The van der Waals surface area contributed by atoms with Gasteiger partial charge in [-0.25, -0.2) is 13.6 Å². The zero-order valence-corrected chi connectivity index (χ0v) is 10.6. The monoisotopic (exact) mass is 257 g/mol. The second-order valence-electron chi connectivity index (χ2n) is 4.50. The number of carbonyl (C=O) groups is 1. The molecule has 0 radical (unpaired) electrons. The van der Waals surface area contributed by atoms with Crippen LogP contribution in [0.15, 0.2) is 12.1 Å². The molecule has 0 heterocycles. The number of carboxylic acids is 1. The number of halogens is 2. The number of anilines is 1. The number of rotatable bonds is 5. The van der Waals surface area contributed by atoms with E-state index in [0.717, 1.165) is 12.5 Å². The standard InChI is InChI=1S/C13H17F2NO2/c1-4-9(7(2)3)16-10-6-5-8(13(17)18)11(14)12(10)15/h5-7,9,16H,4H2,1-3H3,(H,17,18). The fourth-order valence-electron chi connectivity index (χ4n) is 1.77. The van der Waals surface area contributed by atoms with Crippen LogP contribution in [0.25, 0.3) is 0 Å². The first-order chi connectivity index (χ1) is 8.38. The minimum atomic E-state index is -1.48. The lowest BCUT2D eigenvalue weighted by Gasteiger charge is -2.22. The van der Waals surface area contributed by atoms with Crippen molar-refractivity contribution in [3.8, 4) is 0 Å². The molecule has 5 heteroatoms. The van der Waals surface area contributed by atoms with Gasteiger partial charge in [-0.3, -0.25) is 0 Å². The van der Waals surface area contributed by atoms with Gasteiger partial charge in [0.1, 0.15) is 0 Å². The van der Waals surface area contributed by atoms with E-state index in [1.165, 1.54) is 6.07 Å². The molecular weight excluding hydrogens is 240 g/mol. The molecule has 0 saturated carbocycles. The summed E-state index contributed by atoms with van der Waals surface area (Å²) in [7, 11) is 0. The lowest BCUT2D eigenvalue weighted by Crippen LogP contribution is -2.25. The van der Waals surface area contributed by atoms with Gasteiger partial charge < -0.3 is 10.4 Å². The molecule has 1 unspecified atom stereocenters. The smallest absolute Gasteiger partial charge is 0.338 e. The summed E-state index contributed by atoms with van der Waals surface area (Å²) in [6.45, 7) is 5.89. The molecule has 1 aromatic carbocycles. The van der Waals surface area contributed by atoms with E-state index in [9.17, 15) is 13.6 Å². The molecule has 0 aliphatic carbocycles. The molecule has 2 N–H and O–H groups in total. The van der Waals surface area contributed by atoms with Gasteiger partial charge in [-0.2, -0.15) is 0 Å². The van der Waals surface area contributed by atoms with Crippen LogP contribution in [-0.4, -0.2) is 17.1 Å². The Kier molecular flexibility index (Phi) is 4.64. The van der Waals surface area contributed by atoms with E-state index >= 15 is 0 Å². The summed E-state index contributed by atoms with van der Waals surface area (Å²) in [5, 5.41) is 11.6. The van der Waals surface area contributed by atoms with E-state index in [2.05, 4.69) is 5.32 Å².